The van der Waals surface area contributed by atoms with Gasteiger partial charge in [0.2, 0.25) is 5.69 Å². The van der Waals surface area contributed by atoms with Crippen molar-refractivity contribution in [2.24, 2.45) is 0 Å². The van der Waals surface area contributed by atoms with E-state index < -0.39 is 4.92 Å². The highest BCUT2D eigenvalue weighted by molar-refractivity contribution is 6.00. The van der Waals surface area contributed by atoms with Crippen LogP contribution in [0.1, 0.15) is 18.3 Å². The highest BCUT2D eigenvalue weighted by Gasteiger charge is 2.23. The average Bonchev–Trinajstić information content (AvgIpc) is 2.57. The lowest BCUT2D eigenvalue weighted by molar-refractivity contribution is -0.612. The summed E-state index contributed by atoms with van der Waals surface area (Å²) < 4.78 is 0.890. The Morgan fingerprint density at radius 1 is 1.08 bits per heavy atom. The molecular weight excluding hydrogens is 304 g/mol. The third-order valence-electron chi connectivity index (χ3n) is 4.10. The van der Waals surface area contributed by atoms with Crippen molar-refractivity contribution in [2.45, 2.75) is 13.8 Å². The molecule has 0 fully saturated rings. The van der Waals surface area contributed by atoms with Gasteiger partial charge in [-0.05, 0) is 30.7 Å². The number of benzene rings is 2. The fourth-order valence-electron chi connectivity index (χ4n) is 2.95. The van der Waals surface area contributed by atoms with Crippen LogP contribution in [-0.2, 0) is 0 Å². The van der Waals surface area contributed by atoms with E-state index in [0.717, 1.165) is 26.6 Å². The molecule has 24 heavy (non-hydrogen) atoms. The van der Waals surface area contributed by atoms with E-state index in [4.69, 9.17) is 0 Å². The molecule has 3 aromatic rings. The SMILES string of the molecule is C=C(C)c1c(-c2ccc([N+](=O)[O-])cc2)c2ccccc2c(C)[n+]1[O-]. The first-order valence-corrected chi connectivity index (χ1v) is 7.47. The largest absolute Gasteiger partial charge is 0.618 e. The maximum atomic E-state index is 12.7. The summed E-state index contributed by atoms with van der Waals surface area (Å²) in [5.74, 6) is 0. The lowest BCUT2D eigenvalue weighted by Gasteiger charge is -2.16. The molecule has 0 saturated heterocycles. The number of nitrogens with zero attached hydrogens (tertiary/aromatic N) is 2. The first-order valence-electron chi connectivity index (χ1n) is 7.47. The lowest BCUT2D eigenvalue weighted by Crippen LogP contribution is -2.35. The minimum absolute atomic E-state index is 0.0158. The third kappa shape index (κ3) is 2.40. The summed E-state index contributed by atoms with van der Waals surface area (Å²) in [6.45, 7) is 7.50. The fourth-order valence-corrected chi connectivity index (χ4v) is 2.95. The zero-order valence-corrected chi connectivity index (χ0v) is 13.4. The zero-order valence-electron chi connectivity index (χ0n) is 13.4. The molecule has 5 heteroatoms. The number of rotatable bonds is 3. The molecule has 0 spiro atoms. The summed E-state index contributed by atoms with van der Waals surface area (Å²) in [5, 5.41) is 25.4. The highest BCUT2D eigenvalue weighted by atomic mass is 16.6. The number of hydrogen-bond donors (Lipinski definition) is 0. The smallest absolute Gasteiger partial charge is 0.269 e. The predicted octanol–water partition coefficient (Wildman–Crippen LogP) is 4.39. The van der Waals surface area contributed by atoms with Crippen molar-refractivity contribution >= 4 is 22.0 Å². The molecule has 0 N–H and O–H groups in total. The zero-order chi connectivity index (χ0) is 17.4. The van der Waals surface area contributed by atoms with Gasteiger partial charge in [-0.3, -0.25) is 10.1 Å². The van der Waals surface area contributed by atoms with Crippen LogP contribution in [0.4, 0.5) is 5.69 Å². The van der Waals surface area contributed by atoms with Gasteiger partial charge in [-0.1, -0.05) is 24.8 Å². The Hall–Kier alpha value is -3.21. The number of allylic oxidation sites excluding steroid dienone is 1. The minimum Gasteiger partial charge on any atom is -0.618 e. The number of pyridine rings is 1. The molecule has 0 aliphatic rings. The molecule has 5 nitrogen and oxygen atoms in total. The number of non-ortho nitro benzene ring substituents is 1. The van der Waals surface area contributed by atoms with Gasteiger partial charge in [0, 0.05) is 30.0 Å². The van der Waals surface area contributed by atoms with Crippen LogP contribution in [0.25, 0.3) is 27.5 Å². The van der Waals surface area contributed by atoms with Gasteiger partial charge in [-0.15, -0.1) is 0 Å². The first-order chi connectivity index (χ1) is 11.4. The molecule has 1 aromatic heterocycles. The van der Waals surface area contributed by atoms with Gasteiger partial charge < -0.3 is 5.21 Å². The van der Waals surface area contributed by atoms with E-state index in [1.807, 2.05) is 24.3 Å². The molecule has 0 aliphatic carbocycles. The Kier molecular flexibility index (Phi) is 3.77. The second kappa shape index (κ2) is 5.77. The third-order valence-corrected chi connectivity index (χ3v) is 4.10. The Morgan fingerprint density at radius 2 is 1.67 bits per heavy atom. The van der Waals surface area contributed by atoms with E-state index >= 15 is 0 Å². The molecule has 120 valence electrons. The van der Waals surface area contributed by atoms with E-state index in [1.54, 1.807) is 26.0 Å². The number of aryl methyl sites for hydroxylation is 1. The van der Waals surface area contributed by atoms with E-state index in [2.05, 4.69) is 6.58 Å². The Balaban J connectivity index is 2.41. The van der Waals surface area contributed by atoms with Crippen LogP contribution in [0, 0.1) is 22.2 Å². The van der Waals surface area contributed by atoms with Gasteiger partial charge in [0.15, 0.2) is 5.69 Å². The summed E-state index contributed by atoms with van der Waals surface area (Å²) in [7, 11) is 0. The van der Waals surface area contributed by atoms with Crippen molar-refractivity contribution in [3.63, 3.8) is 0 Å². The van der Waals surface area contributed by atoms with Gasteiger partial charge in [0.1, 0.15) is 0 Å². The monoisotopic (exact) mass is 320 g/mol. The molecule has 0 radical (unpaired) electrons. The Bertz CT molecular complexity index is 976. The quantitative estimate of drug-likeness (QED) is 0.311. The standard InChI is InChI=1S/C19H16N2O3/c1-12(2)19-18(14-8-10-15(11-9-14)21(23)24)17-7-5-4-6-16(17)13(3)20(19)22/h4-11H,1H2,2-3H3. The lowest BCUT2D eigenvalue weighted by atomic mass is 9.93. The van der Waals surface area contributed by atoms with E-state index in [0.29, 0.717) is 17.0 Å². The van der Waals surface area contributed by atoms with Gasteiger partial charge in [0.05, 0.1) is 15.9 Å². The topological polar surface area (TPSA) is 70.1 Å². The molecule has 0 atom stereocenters. The van der Waals surface area contributed by atoms with Crippen molar-refractivity contribution < 1.29 is 9.65 Å². The second-order valence-electron chi connectivity index (χ2n) is 5.73. The van der Waals surface area contributed by atoms with Gasteiger partial charge in [-0.2, -0.15) is 4.73 Å². The van der Waals surface area contributed by atoms with Crippen LogP contribution in [0.3, 0.4) is 0 Å². The van der Waals surface area contributed by atoms with Crippen LogP contribution in [0.15, 0.2) is 55.1 Å². The van der Waals surface area contributed by atoms with Crippen LogP contribution in [0.5, 0.6) is 0 Å². The summed E-state index contributed by atoms with van der Waals surface area (Å²) >= 11 is 0. The van der Waals surface area contributed by atoms with Crippen molar-refractivity contribution in [3.8, 4) is 11.1 Å². The number of hydrogen-bond acceptors (Lipinski definition) is 3. The van der Waals surface area contributed by atoms with Crippen LogP contribution < -0.4 is 4.73 Å². The van der Waals surface area contributed by atoms with E-state index in [9.17, 15) is 15.3 Å². The van der Waals surface area contributed by atoms with Crippen molar-refractivity contribution in [1.29, 1.82) is 0 Å². The number of nitro benzene ring substituents is 1. The minimum atomic E-state index is -0.440. The molecule has 0 saturated carbocycles. The van der Waals surface area contributed by atoms with E-state index in [-0.39, 0.29) is 5.69 Å². The Morgan fingerprint density at radius 3 is 2.21 bits per heavy atom. The van der Waals surface area contributed by atoms with Gasteiger partial charge in [0.25, 0.3) is 5.69 Å². The van der Waals surface area contributed by atoms with Crippen LogP contribution in [-0.4, -0.2) is 4.92 Å². The normalized spacial score (nSPS) is 10.8. The Labute approximate surface area is 139 Å². The molecule has 0 unspecified atom stereocenters. The number of aromatic nitrogens is 1. The van der Waals surface area contributed by atoms with Crippen LogP contribution in [0.2, 0.25) is 0 Å². The average molecular weight is 320 g/mol. The molecule has 3 rings (SSSR count). The molecule has 0 amide bonds. The summed E-state index contributed by atoms with van der Waals surface area (Å²) in [6.07, 6.45) is 0. The summed E-state index contributed by atoms with van der Waals surface area (Å²) in [6, 6.07) is 13.9. The predicted molar refractivity (Wildman–Crippen MR) is 94.4 cm³/mol. The van der Waals surface area contributed by atoms with E-state index in [1.165, 1.54) is 12.1 Å². The maximum absolute atomic E-state index is 12.7. The summed E-state index contributed by atoms with van der Waals surface area (Å²) in [4.78, 5) is 10.4. The molecular formula is C19H16N2O3. The highest BCUT2D eigenvalue weighted by Crippen LogP contribution is 2.35. The fraction of sp³-hybridized carbons (Fsp3) is 0.105. The van der Waals surface area contributed by atoms with Gasteiger partial charge in [-0.25, -0.2) is 0 Å². The molecule has 2 aromatic carbocycles. The van der Waals surface area contributed by atoms with Gasteiger partial charge >= 0.3 is 0 Å². The molecule has 0 bridgehead atoms. The second-order valence-corrected chi connectivity index (χ2v) is 5.73. The van der Waals surface area contributed by atoms with Crippen molar-refractivity contribution in [2.75, 3.05) is 0 Å². The molecule has 0 aliphatic heterocycles. The number of nitro groups is 1. The first kappa shape index (κ1) is 15.7. The maximum Gasteiger partial charge on any atom is 0.269 e. The number of fused-ring (bicyclic) bond motifs is 1. The summed E-state index contributed by atoms with van der Waals surface area (Å²) in [5.41, 5.74) is 3.25. The molecule has 1 heterocycles. The van der Waals surface area contributed by atoms with Crippen molar-refractivity contribution in [1.82, 2.24) is 0 Å². The van der Waals surface area contributed by atoms with Crippen molar-refractivity contribution in [3.05, 3.63) is 81.8 Å². The van der Waals surface area contributed by atoms with Crippen LogP contribution >= 0.6 is 0 Å².